The van der Waals surface area contributed by atoms with E-state index in [9.17, 15) is 14.4 Å². The minimum absolute atomic E-state index is 0.0749. The summed E-state index contributed by atoms with van der Waals surface area (Å²) in [5.41, 5.74) is 0.999. The van der Waals surface area contributed by atoms with E-state index in [1.54, 1.807) is 37.3 Å². The summed E-state index contributed by atoms with van der Waals surface area (Å²) in [6.07, 6.45) is 2.60. The number of esters is 1. The maximum absolute atomic E-state index is 12.3. The molecule has 0 radical (unpaired) electrons. The lowest BCUT2D eigenvalue weighted by Gasteiger charge is -2.21. The van der Waals surface area contributed by atoms with Crippen LogP contribution in [0.15, 0.2) is 54.6 Å². The lowest BCUT2D eigenvalue weighted by molar-refractivity contribution is -0.113. The molecule has 1 aromatic carbocycles. The Morgan fingerprint density at radius 3 is 2.54 bits per heavy atom. The van der Waals surface area contributed by atoms with Crippen molar-refractivity contribution in [1.29, 1.82) is 0 Å². The Hall–Kier alpha value is -2.89. The lowest BCUT2D eigenvalue weighted by Crippen LogP contribution is -2.36. The predicted molar refractivity (Wildman–Crippen MR) is 96.7 cm³/mol. The Labute approximate surface area is 153 Å². The molecule has 1 fully saturated rings. The molecule has 26 heavy (non-hydrogen) atoms. The number of carbonyl (C=O) groups excluding carboxylic acids is 3. The zero-order valence-electron chi connectivity index (χ0n) is 15.0. The van der Waals surface area contributed by atoms with Gasteiger partial charge >= 0.3 is 12.1 Å². The van der Waals surface area contributed by atoms with Gasteiger partial charge in [0.2, 0.25) is 0 Å². The van der Waals surface area contributed by atoms with Gasteiger partial charge in [0.05, 0.1) is 18.2 Å². The van der Waals surface area contributed by atoms with Crippen LogP contribution in [0.5, 0.6) is 0 Å². The van der Waals surface area contributed by atoms with Gasteiger partial charge in [0.1, 0.15) is 12.7 Å². The molecule has 6 heteroatoms. The fourth-order valence-electron chi connectivity index (χ4n) is 2.69. The number of benzene rings is 1. The number of carbonyl (C=O) groups is 3. The highest BCUT2D eigenvalue weighted by atomic mass is 16.6. The van der Waals surface area contributed by atoms with Crippen molar-refractivity contribution in [3.8, 4) is 0 Å². The van der Waals surface area contributed by atoms with E-state index in [0.29, 0.717) is 17.6 Å². The lowest BCUT2D eigenvalue weighted by atomic mass is 10.1. The number of allylic oxidation sites excluding steroid dienone is 1. The number of likely N-dealkylation sites (tertiary alicyclic amines) is 1. The van der Waals surface area contributed by atoms with Gasteiger partial charge in [-0.3, -0.25) is 9.69 Å². The zero-order chi connectivity index (χ0) is 19.1. The summed E-state index contributed by atoms with van der Waals surface area (Å²) < 4.78 is 10.6. The molecule has 6 nitrogen and oxygen atoms in total. The monoisotopic (exact) mass is 357 g/mol. The van der Waals surface area contributed by atoms with Gasteiger partial charge in [-0.1, -0.05) is 36.9 Å². The fraction of sp³-hybridized carbons (Fsp3) is 0.350. The second-order valence-electron chi connectivity index (χ2n) is 6.12. The molecule has 1 amide bonds. The highest BCUT2D eigenvalue weighted by Crippen LogP contribution is 2.24. The van der Waals surface area contributed by atoms with Crippen molar-refractivity contribution in [2.45, 2.75) is 32.4 Å². The van der Waals surface area contributed by atoms with E-state index >= 15 is 0 Å². The molecule has 0 spiro atoms. The van der Waals surface area contributed by atoms with Crippen molar-refractivity contribution in [2.75, 3.05) is 13.2 Å². The molecule has 1 heterocycles. The number of Topliss-reactive ketones (excluding diaryl/α,β-unsaturated/α-hetero) is 1. The normalized spacial score (nSPS) is 19.8. The SMILES string of the molecule is C=CCOC(=O)N1C[C@@H](OC(=O)c2ccccc2)C[C@H]1C=C(C)C(C)=O. The number of amides is 1. The summed E-state index contributed by atoms with van der Waals surface area (Å²) in [5.74, 6) is -0.517. The number of nitrogens with zero attached hydrogens (tertiary/aromatic N) is 1. The molecule has 0 bridgehead atoms. The maximum atomic E-state index is 12.3. The van der Waals surface area contributed by atoms with Crippen LogP contribution in [-0.2, 0) is 14.3 Å². The summed E-state index contributed by atoms with van der Waals surface area (Å²) in [6, 6.07) is 8.30. The topological polar surface area (TPSA) is 72.9 Å². The first-order chi connectivity index (χ1) is 12.4. The quantitative estimate of drug-likeness (QED) is 0.444. The maximum Gasteiger partial charge on any atom is 0.410 e. The third kappa shape index (κ3) is 5.05. The van der Waals surface area contributed by atoms with Crippen molar-refractivity contribution in [3.05, 3.63) is 60.2 Å². The number of hydrogen-bond acceptors (Lipinski definition) is 5. The second-order valence-corrected chi connectivity index (χ2v) is 6.12. The number of hydrogen-bond donors (Lipinski definition) is 0. The highest BCUT2D eigenvalue weighted by molar-refractivity contribution is 5.92. The van der Waals surface area contributed by atoms with E-state index in [4.69, 9.17) is 9.47 Å². The van der Waals surface area contributed by atoms with E-state index in [1.165, 1.54) is 17.9 Å². The van der Waals surface area contributed by atoms with Crippen LogP contribution in [0, 0.1) is 0 Å². The fourth-order valence-corrected chi connectivity index (χ4v) is 2.69. The van der Waals surface area contributed by atoms with Crippen molar-refractivity contribution in [1.82, 2.24) is 4.90 Å². The molecule has 1 aromatic rings. The van der Waals surface area contributed by atoms with Crippen LogP contribution >= 0.6 is 0 Å². The Bertz CT molecular complexity index is 710. The third-order valence-corrected chi connectivity index (χ3v) is 4.15. The largest absolute Gasteiger partial charge is 0.457 e. The molecular formula is C20H23NO5. The van der Waals surface area contributed by atoms with E-state index in [-0.39, 0.29) is 25.0 Å². The molecule has 1 aliphatic heterocycles. The van der Waals surface area contributed by atoms with Gasteiger partial charge in [-0.25, -0.2) is 9.59 Å². The summed E-state index contributed by atoms with van der Waals surface area (Å²) in [4.78, 5) is 37.5. The first-order valence-corrected chi connectivity index (χ1v) is 8.42. The minimum Gasteiger partial charge on any atom is -0.457 e. The molecule has 1 saturated heterocycles. The summed E-state index contributed by atoms with van der Waals surface area (Å²) in [7, 11) is 0. The molecule has 0 unspecified atom stereocenters. The Balaban J connectivity index is 2.11. The molecule has 2 rings (SSSR count). The first-order valence-electron chi connectivity index (χ1n) is 8.42. The van der Waals surface area contributed by atoms with Crippen LogP contribution in [0.4, 0.5) is 4.79 Å². The van der Waals surface area contributed by atoms with Crippen molar-refractivity contribution < 1.29 is 23.9 Å². The van der Waals surface area contributed by atoms with Crippen LogP contribution in [0.1, 0.15) is 30.6 Å². The minimum atomic E-state index is -0.527. The van der Waals surface area contributed by atoms with Gasteiger partial charge < -0.3 is 9.47 Å². The predicted octanol–water partition coefficient (Wildman–Crippen LogP) is 3.14. The van der Waals surface area contributed by atoms with Gasteiger partial charge in [0.25, 0.3) is 0 Å². The van der Waals surface area contributed by atoms with E-state index in [1.807, 2.05) is 6.07 Å². The average Bonchev–Trinajstić information content (AvgIpc) is 3.02. The molecule has 0 saturated carbocycles. The number of ketones is 1. The molecular weight excluding hydrogens is 334 g/mol. The summed E-state index contributed by atoms with van der Waals surface area (Å²) >= 11 is 0. The van der Waals surface area contributed by atoms with Crippen LogP contribution in [0.3, 0.4) is 0 Å². The summed E-state index contributed by atoms with van der Waals surface area (Å²) in [5, 5.41) is 0. The van der Waals surface area contributed by atoms with Gasteiger partial charge in [0.15, 0.2) is 5.78 Å². The second kappa shape index (κ2) is 8.99. The van der Waals surface area contributed by atoms with E-state index in [2.05, 4.69) is 6.58 Å². The van der Waals surface area contributed by atoms with Crippen LogP contribution in [0.25, 0.3) is 0 Å². The Morgan fingerprint density at radius 1 is 1.23 bits per heavy atom. The van der Waals surface area contributed by atoms with E-state index < -0.39 is 18.2 Å². The number of rotatable bonds is 6. The first kappa shape index (κ1) is 19.4. The van der Waals surface area contributed by atoms with E-state index in [0.717, 1.165) is 0 Å². The van der Waals surface area contributed by atoms with Crippen LogP contribution < -0.4 is 0 Å². The standard InChI is InChI=1S/C20H23NO5/c1-4-10-25-20(24)21-13-18(12-17(21)11-14(2)15(3)22)26-19(23)16-8-6-5-7-9-16/h4-9,11,17-18H,1,10,12-13H2,2-3H3/t17-,18+/m1/s1. The third-order valence-electron chi connectivity index (χ3n) is 4.15. The average molecular weight is 357 g/mol. The van der Waals surface area contributed by atoms with Gasteiger partial charge in [-0.15, -0.1) is 0 Å². The zero-order valence-corrected chi connectivity index (χ0v) is 15.0. The molecule has 138 valence electrons. The van der Waals surface area contributed by atoms with Gasteiger partial charge in [0, 0.05) is 6.42 Å². The van der Waals surface area contributed by atoms with Crippen LogP contribution in [-0.4, -0.2) is 48.0 Å². The molecule has 1 aliphatic rings. The molecule has 0 aliphatic carbocycles. The molecule has 0 aromatic heterocycles. The van der Waals surface area contributed by atoms with Gasteiger partial charge in [-0.05, 0) is 31.6 Å². The van der Waals surface area contributed by atoms with Gasteiger partial charge in [-0.2, -0.15) is 0 Å². The van der Waals surface area contributed by atoms with Crippen molar-refractivity contribution in [3.63, 3.8) is 0 Å². The molecule has 0 N–H and O–H groups in total. The Morgan fingerprint density at radius 2 is 1.92 bits per heavy atom. The summed E-state index contributed by atoms with van der Waals surface area (Å²) in [6.45, 7) is 6.97. The Kier molecular flexibility index (Phi) is 6.72. The van der Waals surface area contributed by atoms with Crippen molar-refractivity contribution in [2.24, 2.45) is 0 Å². The smallest absolute Gasteiger partial charge is 0.410 e. The highest BCUT2D eigenvalue weighted by Gasteiger charge is 2.37. The van der Waals surface area contributed by atoms with Crippen LogP contribution in [0.2, 0.25) is 0 Å². The number of ether oxygens (including phenoxy) is 2. The molecule has 2 atom stereocenters. The van der Waals surface area contributed by atoms with Crippen molar-refractivity contribution >= 4 is 17.8 Å².